The fourth-order valence-corrected chi connectivity index (χ4v) is 2.04. The molecule has 0 saturated carbocycles. The van der Waals surface area contributed by atoms with Gasteiger partial charge >= 0.3 is 0 Å². The molecule has 0 saturated heterocycles. The van der Waals surface area contributed by atoms with E-state index >= 15 is 0 Å². The standard InChI is InChI=1S/C13H27N3O2S/c1-7(2)5-9(14)11(19)13(18)16-10(12(15)17)6-8(3)4/h7-11,19H,5-6,14H2,1-4H3,(H2,15,17)(H,16,18)/t9-,10-,11?/m0/s1. The van der Waals surface area contributed by atoms with E-state index in [0.717, 1.165) is 0 Å². The molecule has 6 heteroatoms. The molecule has 0 aliphatic heterocycles. The molecule has 0 rings (SSSR count). The molecule has 0 heterocycles. The summed E-state index contributed by atoms with van der Waals surface area (Å²) in [5.74, 6) is -0.207. The number of nitrogens with one attached hydrogen (secondary N) is 1. The SMILES string of the molecule is CC(C)C[C@H](NC(=O)C(S)[C@@H](N)CC(C)C)C(N)=O. The van der Waals surface area contributed by atoms with Gasteiger partial charge in [-0.25, -0.2) is 0 Å². The molecular weight excluding hydrogens is 262 g/mol. The van der Waals surface area contributed by atoms with Crippen molar-refractivity contribution < 1.29 is 9.59 Å². The Kier molecular flexibility index (Phi) is 8.09. The number of primary amides is 1. The summed E-state index contributed by atoms with van der Waals surface area (Å²) in [5.41, 5.74) is 11.2. The predicted molar refractivity (Wildman–Crippen MR) is 80.8 cm³/mol. The molecule has 0 aromatic carbocycles. The third kappa shape index (κ3) is 7.42. The van der Waals surface area contributed by atoms with Gasteiger partial charge in [-0.1, -0.05) is 27.7 Å². The fourth-order valence-electron chi connectivity index (χ4n) is 1.84. The summed E-state index contributed by atoms with van der Waals surface area (Å²) in [5, 5.41) is 2.00. The first-order valence-corrected chi connectivity index (χ1v) is 7.20. The Hall–Kier alpha value is -0.750. The average molecular weight is 289 g/mol. The molecule has 0 aliphatic carbocycles. The predicted octanol–water partition coefficient (Wildman–Crippen LogP) is 0.674. The Morgan fingerprint density at radius 2 is 1.58 bits per heavy atom. The molecule has 3 atom stereocenters. The van der Waals surface area contributed by atoms with Gasteiger partial charge in [-0.2, -0.15) is 12.6 Å². The minimum Gasteiger partial charge on any atom is -0.368 e. The van der Waals surface area contributed by atoms with E-state index < -0.39 is 17.2 Å². The smallest absolute Gasteiger partial charge is 0.240 e. The Morgan fingerprint density at radius 3 is 1.95 bits per heavy atom. The summed E-state index contributed by atoms with van der Waals surface area (Å²) in [6.45, 7) is 7.99. The van der Waals surface area contributed by atoms with Crippen LogP contribution in [0.5, 0.6) is 0 Å². The highest BCUT2D eigenvalue weighted by molar-refractivity contribution is 7.81. The average Bonchev–Trinajstić information content (AvgIpc) is 2.25. The highest BCUT2D eigenvalue weighted by atomic mass is 32.1. The van der Waals surface area contributed by atoms with Crippen LogP contribution in [0.4, 0.5) is 0 Å². The molecule has 5 N–H and O–H groups in total. The Morgan fingerprint density at radius 1 is 1.11 bits per heavy atom. The quantitative estimate of drug-likeness (QED) is 0.494. The van der Waals surface area contributed by atoms with Crippen molar-refractivity contribution in [3.05, 3.63) is 0 Å². The Bertz CT molecular complexity index is 308. The highest BCUT2D eigenvalue weighted by Crippen LogP contribution is 2.12. The molecule has 1 unspecified atom stereocenters. The maximum Gasteiger partial charge on any atom is 0.240 e. The van der Waals surface area contributed by atoms with Gasteiger partial charge in [0.25, 0.3) is 0 Å². The monoisotopic (exact) mass is 289 g/mol. The summed E-state index contributed by atoms with van der Waals surface area (Å²) in [4.78, 5) is 23.3. The van der Waals surface area contributed by atoms with Crippen molar-refractivity contribution in [2.45, 2.75) is 57.9 Å². The first-order valence-electron chi connectivity index (χ1n) is 6.68. The molecule has 19 heavy (non-hydrogen) atoms. The van der Waals surface area contributed by atoms with E-state index in [9.17, 15) is 9.59 Å². The van der Waals surface area contributed by atoms with Crippen LogP contribution in [-0.4, -0.2) is 29.1 Å². The number of hydrogen-bond donors (Lipinski definition) is 4. The highest BCUT2D eigenvalue weighted by Gasteiger charge is 2.26. The van der Waals surface area contributed by atoms with Gasteiger partial charge in [-0.15, -0.1) is 0 Å². The van der Waals surface area contributed by atoms with Gasteiger partial charge < -0.3 is 16.8 Å². The number of rotatable bonds is 8. The number of amides is 2. The van der Waals surface area contributed by atoms with E-state index in [1.165, 1.54) is 0 Å². The summed E-state index contributed by atoms with van der Waals surface area (Å²) < 4.78 is 0. The molecule has 112 valence electrons. The second kappa shape index (κ2) is 8.43. The summed E-state index contributed by atoms with van der Waals surface area (Å²) in [6.07, 6.45) is 1.22. The van der Waals surface area contributed by atoms with E-state index in [2.05, 4.69) is 17.9 Å². The lowest BCUT2D eigenvalue weighted by Crippen LogP contribution is -2.51. The zero-order valence-electron chi connectivity index (χ0n) is 12.2. The van der Waals surface area contributed by atoms with E-state index in [1.807, 2.05) is 27.7 Å². The van der Waals surface area contributed by atoms with Crippen molar-refractivity contribution in [3.8, 4) is 0 Å². The number of hydrogen-bond acceptors (Lipinski definition) is 4. The van der Waals surface area contributed by atoms with E-state index in [0.29, 0.717) is 18.8 Å². The number of carbonyl (C=O) groups excluding carboxylic acids is 2. The number of carbonyl (C=O) groups is 2. The largest absolute Gasteiger partial charge is 0.368 e. The summed E-state index contributed by atoms with van der Waals surface area (Å²) in [7, 11) is 0. The van der Waals surface area contributed by atoms with Gasteiger partial charge in [0.2, 0.25) is 11.8 Å². The lowest BCUT2D eigenvalue weighted by Gasteiger charge is -2.23. The molecule has 0 aromatic rings. The van der Waals surface area contributed by atoms with Crippen molar-refractivity contribution in [3.63, 3.8) is 0 Å². The maximum absolute atomic E-state index is 12.0. The molecule has 0 spiro atoms. The van der Waals surface area contributed by atoms with Crippen LogP contribution in [0.25, 0.3) is 0 Å². The van der Waals surface area contributed by atoms with Crippen LogP contribution in [0.2, 0.25) is 0 Å². The van der Waals surface area contributed by atoms with Gasteiger partial charge in [0.15, 0.2) is 0 Å². The molecule has 5 nitrogen and oxygen atoms in total. The molecular formula is C13H27N3O2S. The molecule has 0 bridgehead atoms. The van der Waals surface area contributed by atoms with Crippen LogP contribution >= 0.6 is 12.6 Å². The minimum atomic E-state index is -0.659. The lowest BCUT2D eigenvalue weighted by molar-refractivity contribution is -0.127. The summed E-state index contributed by atoms with van der Waals surface area (Å²) in [6, 6.07) is -0.996. The van der Waals surface area contributed by atoms with Gasteiger partial charge in [0, 0.05) is 6.04 Å². The van der Waals surface area contributed by atoms with E-state index in [-0.39, 0.29) is 17.9 Å². The topological polar surface area (TPSA) is 98.2 Å². The van der Waals surface area contributed by atoms with Crippen LogP contribution in [0, 0.1) is 11.8 Å². The van der Waals surface area contributed by atoms with Crippen molar-refractivity contribution in [1.29, 1.82) is 0 Å². The van der Waals surface area contributed by atoms with Crippen molar-refractivity contribution in [2.24, 2.45) is 23.3 Å². The van der Waals surface area contributed by atoms with Gasteiger partial charge in [-0.3, -0.25) is 9.59 Å². The first-order chi connectivity index (χ1) is 8.65. The van der Waals surface area contributed by atoms with Gasteiger partial charge in [0.05, 0.1) is 5.25 Å². The first kappa shape index (κ1) is 18.2. The summed E-state index contributed by atoms with van der Waals surface area (Å²) >= 11 is 4.24. The van der Waals surface area contributed by atoms with Crippen LogP contribution < -0.4 is 16.8 Å². The van der Waals surface area contributed by atoms with Gasteiger partial charge in [0.1, 0.15) is 6.04 Å². The zero-order valence-corrected chi connectivity index (χ0v) is 13.1. The normalized spacial score (nSPS) is 16.2. The zero-order chi connectivity index (χ0) is 15.2. The molecule has 0 aromatic heterocycles. The van der Waals surface area contributed by atoms with Gasteiger partial charge in [-0.05, 0) is 24.7 Å². The van der Waals surface area contributed by atoms with Crippen LogP contribution in [0.3, 0.4) is 0 Å². The number of nitrogens with two attached hydrogens (primary N) is 2. The second-order valence-electron chi connectivity index (χ2n) is 5.83. The lowest BCUT2D eigenvalue weighted by atomic mass is 10.00. The Labute approximate surface area is 121 Å². The van der Waals surface area contributed by atoms with Crippen molar-refractivity contribution in [1.82, 2.24) is 5.32 Å². The third-order valence-electron chi connectivity index (χ3n) is 2.78. The second-order valence-corrected chi connectivity index (χ2v) is 6.39. The minimum absolute atomic E-state index is 0.264. The van der Waals surface area contributed by atoms with E-state index in [1.54, 1.807) is 0 Å². The van der Waals surface area contributed by atoms with Crippen LogP contribution in [0.15, 0.2) is 0 Å². The number of thiol groups is 1. The van der Waals surface area contributed by atoms with Crippen molar-refractivity contribution in [2.75, 3.05) is 0 Å². The molecule has 2 amide bonds. The molecule has 0 fully saturated rings. The van der Waals surface area contributed by atoms with Crippen LogP contribution in [0.1, 0.15) is 40.5 Å². The molecule has 0 aliphatic rings. The third-order valence-corrected chi connectivity index (χ3v) is 3.40. The maximum atomic E-state index is 12.0. The van der Waals surface area contributed by atoms with Crippen molar-refractivity contribution >= 4 is 24.4 Å². The van der Waals surface area contributed by atoms with Crippen LogP contribution in [-0.2, 0) is 9.59 Å². The fraction of sp³-hybridized carbons (Fsp3) is 0.846. The van der Waals surface area contributed by atoms with E-state index in [4.69, 9.17) is 11.5 Å². The Balaban J connectivity index is 4.50. The molecule has 0 radical (unpaired) electrons.